The SMILES string of the molecule is CC(NC(C)c1cccc(C#N)c1)c1cccnc1. The number of nitrogens with zero attached hydrogens (tertiary/aromatic N) is 2. The minimum Gasteiger partial charge on any atom is -0.304 e. The van der Waals surface area contributed by atoms with Crippen molar-refractivity contribution in [2.75, 3.05) is 0 Å². The molecule has 3 heteroatoms. The van der Waals surface area contributed by atoms with E-state index in [1.807, 2.05) is 36.5 Å². The predicted molar refractivity (Wildman–Crippen MR) is 75.4 cm³/mol. The number of aromatic nitrogens is 1. The van der Waals surface area contributed by atoms with Crippen LogP contribution in [-0.2, 0) is 0 Å². The summed E-state index contributed by atoms with van der Waals surface area (Å²) in [6.45, 7) is 4.21. The van der Waals surface area contributed by atoms with Crippen LogP contribution in [0.25, 0.3) is 0 Å². The van der Waals surface area contributed by atoms with Gasteiger partial charge in [0.25, 0.3) is 0 Å². The van der Waals surface area contributed by atoms with E-state index in [-0.39, 0.29) is 12.1 Å². The average molecular weight is 251 g/mol. The molecule has 2 atom stereocenters. The molecular weight excluding hydrogens is 234 g/mol. The minimum absolute atomic E-state index is 0.184. The van der Waals surface area contributed by atoms with Gasteiger partial charge < -0.3 is 5.32 Å². The van der Waals surface area contributed by atoms with Crippen LogP contribution in [0.4, 0.5) is 0 Å². The number of nitriles is 1. The summed E-state index contributed by atoms with van der Waals surface area (Å²) >= 11 is 0. The molecule has 0 saturated heterocycles. The van der Waals surface area contributed by atoms with E-state index < -0.39 is 0 Å². The fourth-order valence-electron chi connectivity index (χ4n) is 2.08. The zero-order valence-electron chi connectivity index (χ0n) is 11.2. The van der Waals surface area contributed by atoms with Gasteiger partial charge in [-0.05, 0) is 43.2 Å². The molecule has 0 aliphatic carbocycles. The van der Waals surface area contributed by atoms with E-state index in [9.17, 15) is 0 Å². The molecule has 1 aromatic carbocycles. The van der Waals surface area contributed by atoms with Gasteiger partial charge in [0.1, 0.15) is 0 Å². The van der Waals surface area contributed by atoms with Gasteiger partial charge in [-0.2, -0.15) is 5.26 Å². The highest BCUT2D eigenvalue weighted by Crippen LogP contribution is 2.19. The Labute approximate surface area is 113 Å². The van der Waals surface area contributed by atoms with Crippen LogP contribution in [0.5, 0.6) is 0 Å². The van der Waals surface area contributed by atoms with Crippen LogP contribution in [0.1, 0.15) is 42.6 Å². The monoisotopic (exact) mass is 251 g/mol. The average Bonchev–Trinajstić information content (AvgIpc) is 2.48. The van der Waals surface area contributed by atoms with E-state index in [4.69, 9.17) is 5.26 Å². The Kier molecular flexibility index (Phi) is 4.27. The number of hydrogen-bond donors (Lipinski definition) is 1. The lowest BCUT2D eigenvalue weighted by Gasteiger charge is -2.20. The maximum Gasteiger partial charge on any atom is 0.0991 e. The topological polar surface area (TPSA) is 48.7 Å². The Bertz CT molecular complexity index is 572. The van der Waals surface area contributed by atoms with Gasteiger partial charge in [0.15, 0.2) is 0 Å². The molecule has 0 radical (unpaired) electrons. The first-order valence-electron chi connectivity index (χ1n) is 6.36. The highest BCUT2D eigenvalue weighted by molar-refractivity contribution is 5.34. The third-order valence-corrected chi connectivity index (χ3v) is 3.20. The van der Waals surface area contributed by atoms with Crippen molar-refractivity contribution in [3.63, 3.8) is 0 Å². The molecule has 3 nitrogen and oxygen atoms in total. The summed E-state index contributed by atoms with van der Waals surface area (Å²) in [5.41, 5.74) is 2.97. The van der Waals surface area contributed by atoms with Crippen LogP contribution in [0.15, 0.2) is 48.8 Å². The minimum atomic E-state index is 0.184. The van der Waals surface area contributed by atoms with Gasteiger partial charge in [0.2, 0.25) is 0 Å². The Morgan fingerprint density at radius 3 is 2.53 bits per heavy atom. The fourth-order valence-corrected chi connectivity index (χ4v) is 2.08. The molecule has 0 spiro atoms. The zero-order valence-corrected chi connectivity index (χ0v) is 11.2. The highest BCUT2D eigenvalue weighted by Gasteiger charge is 2.11. The summed E-state index contributed by atoms with van der Waals surface area (Å²) in [4.78, 5) is 4.13. The van der Waals surface area contributed by atoms with Gasteiger partial charge in [-0.25, -0.2) is 0 Å². The third-order valence-electron chi connectivity index (χ3n) is 3.20. The standard InChI is InChI=1S/C16H17N3/c1-12(15-6-3-5-14(9-15)10-17)19-13(2)16-7-4-8-18-11-16/h3-9,11-13,19H,1-2H3. The predicted octanol–water partition coefficient (Wildman–Crippen LogP) is 3.37. The van der Waals surface area contributed by atoms with Crippen molar-refractivity contribution in [3.05, 3.63) is 65.5 Å². The molecule has 0 aliphatic rings. The van der Waals surface area contributed by atoms with Crippen LogP contribution in [-0.4, -0.2) is 4.98 Å². The largest absolute Gasteiger partial charge is 0.304 e. The van der Waals surface area contributed by atoms with Gasteiger partial charge in [-0.1, -0.05) is 18.2 Å². The summed E-state index contributed by atoms with van der Waals surface area (Å²) in [5.74, 6) is 0. The molecule has 2 rings (SSSR count). The van der Waals surface area contributed by atoms with Crippen molar-refractivity contribution in [1.29, 1.82) is 5.26 Å². The Morgan fingerprint density at radius 1 is 1.11 bits per heavy atom. The van der Waals surface area contributed by atoms with Crippen LogP contribution in [0.3, 0.4) is 0 Å². The number of pyridine rings is 1. The van der Waals surface area contributed by atoms with Crippen LogP contribution in [0, 0.1) is 11.3 Å². The molecule has 0 fully saturated rings. The first kappa shape index (κ1) is 13.3. The number of hydrogen-bond acceptors (Lipinski definition) is 3. The van der Waals surface area contributed by atoms with Crippen molar-refractivity contribution in [2.24, 2.45) is 0 Å². The highest BCUT2D eigenvalue weighted by atomic mass is 14.9. The van der Waals surface area contributed by atoms with Gasteiger partial charge in [-0.3, -0.25) is 4.98 Å². The Hall–Kier alpha value is -2.18. The first-order valence-corrected chi connectivity index (χ1v) is 6.36. The molecule has 1 heterocycles. The summed E-state index contributed by atoms with van der Waals surface area (Å²) in [6.07, 6.45) is 3.64. The van der Waals surface area contributed by atoms with Crippen molar-refractivity contribution in [2.45, 2.75) is 25.9 Å². The van der Waals surface area contributed by atoms with Crippen LogP contribution >= 0.6 is 0 Å². The number of benzene rings is 1. The van der Waals surface area contributed by atoms with Crippen LogP contribution < -0.4 is 5.32 Å². The zero-order chi connectivity index (χ0) is 13.7. The molecule has 2 aromatic rings. The van der Waals surface area contributed by atoms with E-state index in [2.05, 4.69) is 36.3 Å². The van der Waals surface area contributed by atoms with E-state index in [0.717, 1.165) is 11.1 Å². The van der Waals surface area contributed by atoms with Crippen molar-refractivity contribution < 1.29 is 0 Å². The molecule has 1 aromatic heterocycles. The lowest BCUT2D eigenvalue weighted by molar-refractivity contribution is 0.493. The molecule has 1 N–H and O–H groups in total. The Balaban J connectivity index is 2.08. The first-order chi connectivity index (χ1) is 9.20. The fraction of sp³-hybridized carbons (Fsp3) is 0.250. The molecule has 0 amide bonds. The van der Waals surface area contributed by atoms with Crippen molar-refractivity contribution >= 4 is 0 Å². The van der Waals surface area contributed by atoms with E-state index in [0.29, 0.717) is 5.56 Å². The summed E-state index contributed by atoms with van der Waals surface area (Å²) in [5, 5.41) is 12.4. The summed E-state index contributed by atoms with van der Waals surface area (Å²) in [7, 11) is 0. The number of rotatable bonds is 4. The molecule has 0 saturated carbocycles. The Morgan fingerprint density at radius 2 is 1.84 bits per heavy atom. The molecule has 0 aliphatic heterocycles. The van der Waals surface area contributed by atoms with E-state index in [1.54, 1.807) is 6.20 Å². The van der Waals surface area contributed by atoms with Gasteiger partial charge in [0.05, 0.1) is 11.6 Å². The maximum absolute atomic E-state index is 8.93. The van der Waals surface area contributed by atoms with Crippen molar-refractivity contribution in [3.8, 4) is 6.07 Å². The summed E-state index contributed by atoms with van der Waals surface area (Å²) in [6, 6.07) is 14.3. The maximum atomic E-state index is 8.93. The van der Waals surface area contributed by atoms with Gasteiger partial charge >= 0.3 is 0 Å². The lowest BCUT2D eigenvalue weighted by Crippen LogP contribution is -2.22. The molecular formula is C16H17N3. The van der Waals surface area contributed by atoms with Crippen molar-refractivity contribution in [1.82, 2.24) is 10.3 Å². The molecule has 0 bridgehead atoms. The second kappa shape index (κ2) is 6.12. The normalized spacial score (nSPS) is 13.5. The summed E-state index contributed by atoms with van der Waals surface area (Å²) < 4.78 is 0. The van der Waals surface area contributed by atoms with Gasteiger partial charge in [-0.15, -0.1) is 0 Å². The molecule has 96 valence electrons. The van der Waals surface area contributed by atoms with Gasteiger partial charge in [0, 0.05) is 24.5 Å². The van der Waals surface area contributed by atoms with Crippen LogP contribution in [0.2, 0.25) is 0 Å². The van der Waals surface area contributed by atoms with E-state index in [1.165, 1.54) is 0 Å². The smallest absolute Gasteiger partial charge is 0.0991 e. The lowest BCUT2D eigenvalue weighted by atomic mass is 10.0. The third kappa shape index (κ3) is 3.40. The quantitative estimate of drug-likeness (QED) is 0.906. The van der Waals surface area contributed by atoms with E-state index >= 15 is 0 Å². The molecule has 2 unspecified atom stereocenters. The number of nitrogens with one attached hydrogen (secondary N) is 1. The second-order valence-electron chi connectivity index (χ2n) is 4.63. The second-order valence-corrected chi connectivity index (χ2v) is 4.63. The molecule has 19 heavy (non-hydrogen) atoms.